The first-order valence-electron chi connectivity index (χ1n) is 6.33. The summed E-state index contributed by atoms with van der Waals surface area (Å²) in [6.07, 6.45) is 0.602. The fourth-order valence-corrected chi connectivity index (χ4v) is 2.49. The predicted molar refractivity (Wildman–Crippen MR) is 73.0 cm³/mol. The Labute approximate surface area is 116 Å². The Morgan fingerprint density at radius 1 is 1.42 bits per heavy atom. The second kappa shape index (κ2) is 5.05. The summed E-state index contributed by atoms with van der Waals surface area (Å²) in [5, 5.41) is 7.11. The van der Waals surface area contributed by atoms with Crippen LogP contribution in [0.15, 0.2) is 24.3 Å². The second-order valence-corrected chi connectivity index (χ2v) is 4.71. The van der Waals surface area contributed by atoms with Gasteiger partial charge in [0, 0.05) is 13.0 Å². The van der Waals surface area contributed by atoms with Crippen molar-refractivity contribution < 1.29 is 9.47 Å². The van der Waals surface area contributed by atoms with Crippen molar-refractivity contribution in [2.24, 2.45) is 0 Å². The minimum absolute atomic E-state index is 0.142. The van der Waals surface area contributed by atoms with Gasteiger partial charge in [-0.2, -0.15) is 5.10 Å². The lowest BCUT2D eigenvalue weighted by atomic mass is 10.2. The van der Waals surface area contributed by atoms with E-state index in [1.165, 1.54) is 0 Å². The molecule has 19 heavy (non-hydrogen) atoms. The Morgan fingerprint density at radius 3 is 3.00 bits per heavy atom. The van der Waals surface area contributed by atoms with Gasteiger partial charge in [-0.1, -0.05) is 12.1 Å². The summed E-state index contributed by atoms with van der Waals surface area (Å²) in [5.41, 5.74) is 0. The van der Waals surface area contributed by atoms with Gasteiger partial charge in [0.05, 0.1) is 6.61 Å². The third kappa shape index (κ3) is 2.23. The molecular weight excluding hydrogens is 262 g/mol. The quantitative estimate of drug-likeness (QED) is 0.858. The third-order valence-electron chi connectivity index (χ3n) is 3.15. The van der Waals surface area contributed by atoms with Gasteiger partial charge in [-0.05, 0) is 31.3 Å². The standard InChI is InChI=1S/C13H15N3O2S/c1-2-16-12(14-15-13(16)19)11-7-8-17-9-5-3-4-6-10(9)18-11/h3-6,11H,2,7-8H2,1H3,(H,15,19). The molecule has 6 heteroatoms. The number of H-pyrrole nitrogens is 1. The highest BCUT2D eigenvalue weighted by atomic mass is 32.1. The Kier molecular flexibility index (Phi) is 3.25. The van der Waals surface area contributed by atoms with E-state index in [-0.39, 0.29) is 6.10 Å². The van der Waals surface area contributed by atoms with Gasteiger partial charge in [0.15, 0.2) is 28.2 Å². The van der Waals surface area contributed by atoms with Crippen LogP contribution in [0.2, 0.25) is 0 Å². The first kappa shape index (κ1) is 12.2. The number of nitrogens with one attached hydrogen (secondary N) is 1. The molecule has 0 bridgehead atoms. The molecule has 0 radical (unpaired) electrons. The average Bonchev–Trinajstić information content (AvgIpc) is 2.68. The number of aromatic amines is 1. The molecule has 1 aromatic heterocycles. The molecule has 0 spiro atoms. The zero-order chi connectivity index (χ0) is 13.2. The summed E-state index contributed by atoms with van der Waals surface area (Å²) < 4.78 is 14.3. The van der Waals surface area contributed by atoms with Crippen molar-refractivity contribution in [1.82, 2.24) is 14.8 Å². The summed E-state index contributed by atoms with van der Waals surface area (Å²) in [6.45, 7) is 3.41. The van der Waals surface area contributed by atoms with Gasteiger partial charge in [-0.25, -0.2) is 0 Å². The van der Waals surface area contributed by atoms with Crippen LogP contribution >= 0.6 is 12.2 Å². The summed E-state index contributed by atoms with van der Waals surface area (Å²) >= 11 is 5.21. The van der Waals surface area contributed by atoms with Crippen LogP contribution in [0.25, 0.3) is 0 Å². The smallest absolute Gasteiger partial charge is 0.195 e. The molecule has 0 saturated heterocycles. The zero-order valence-corrected chi connectivity index (χ0v) is 11.4. The molecule has 0 saturated carbocycles. The van der Waals surface area contributed by atoms with Crippen LogP contribution in [-0.2, 0) is 6.54 Å². The lowest BCUT2D eigenvalue weighted by molar-refractivity contribution is 0.180. The van der Waals surface area contributed by atoms with Crippen molar-refractivity contribution in [2.75, 3.05) is 6.61 Å². The number of nitrogens with zero attached hydrogens (tertiary/aromatic N) is 2. The van der Waals surface area contributed by atoms with E-state index in [0.29, 0.717) is 11.4 Å². The number of fused-ring (bicyclic) bond motifs is 1. The number of para-hydroxylation sites is 2. The Morgan fingerprint density at radius 2 is 2.21 bits per heavy atom. The molecule has 1 atom stereocenters. The van der Waals surface area contributed by atoms with Crippen molar-refractivity contribution in [3.8, 4) is 11.5 Å². The first-order chi connectivity index (χ1) is 9.29. The normalized spacial score (nSPS) is 18.1. The predicted octanol–water partition coefficient (Wildman–Crippen LogP) is 2.86. The summed E-state index contributed by atoms with van der Waals surface area (Å²) in [6, 6.07) is 7.69. The molecular formula is C13H15N3O2S. The van der Waals surface area contributed by atoms with E-state index in [4.69, 9.17) is 21.7 Å². The maximum absolute atomic E-state index is 6.02. The highest BCUT2D eigenvalue weighted by Crippen LogP contribution is 2.34. The number of hydrogen-bond acceptors (Lipinski definition) is 4. The Balaban J connectivity index is 1.96. The highest BCUT2D eigenvalue weighted by molar-refractivity contribution is 7.71. The number of rotatable bonds is 2. The molecule has 1 unspecified atom stereocenters. The van der Waals surface area contributed by atoms with Crippen LogP contribution in [0, 0.1) is 4.77 Å². The lowest BCUT2D eigenvalue weighted by Gasteiger charge is -2.15. The van der Waals surface area contributed by atoms with Gasteiger partial charge in [0.2, 0.25) is 0 Å². The molecule has 0 fully saturated rings. The maximum atomic E-state index is 6.02. The summed E-state index contributed by atoms with van der Waals surface area (Å²) in [4.78, 5) is 0. The first-order valence-corrected chi connectivity index (χ1v) is 6.74. The molecule has 5 nitrogen and oxygen atoms in total. The van der Waals surface area contributed by atoms with E-state index < -0.39 is 0 Å². The monoisotopic (exact) mass is 277 g/mol. The molecule has 3 rings (SSSR count). The highest BCUT2D eigenvalue weighted by Gasteiger charge is 2.24. The van der Waals surface area contributed by atoms with Crippen molar-refractivity contribution in [2.45, 2.75) is 26.0 Å². The third-order valence-corrected chi connectivity index (χ3v) is 3.46. The van der Waals surface area contributed by atoms with Gasteiger partial charge in [0.1, 0.15) is 0 Å². The van der Waals surface area contributed by atoms with E-state index in [2.05, 4.69) is 10.2 Å². The summed E-state index contributed by atoms with van der Waals surface area (Å²) in [7, 11) is 0. The molecule has 1 aromatic carbocycles. The largest absolute Gasteiger partial charge is 0.490 e. The van der Waals surface area contributed by atoms with Crippen molar-refractivity contribution >= 4 is 12.2 Å². The van der Waals surface area contributed by atoms with Gasteiger partial charge in [-0.15, -0.1) is 0 Å². The number of aromatic nitrogens is 3. The van der Waals surface area contributed by atoms with Crippen LogP contribution in [0.4, 0.5) is 0 Å². The minimum atomic E-state index is -0.142. The van der Waals surface area contributed by atoms with Crippen molar-refractivity contribution in [1.29, 1.82) is 0 Å². The van der Waals surface area contributed by atoms with E-state index in [9.17, 15) is 0 Å². The maximum Gasteiger partial charge on any atom is 0.195 e. The van der Waals surface area contributed by atoms with E-state index in [1.807, 2.05) is 35.8 Å². The SMILES string of the molecule is CCn1c(C2CCOc3ccccc3O2)n[nH]c1=S. The van der Waals surface area contributed by atoms with Gasteiger partial charge in [-0.3, -0.25) is 5.10 Å². The average molecular weight is 277 g/mol. The van der Waals surface area contributed by atoms with Crippen molar-refractivity contribution in [3.63, 3.8) is 0 Å². The number of ether oxygens (including phenoxy) is 2. The number of benzene rings is 1. The fourth-order valence-electron chi connectivity index (χ4n) is 2.22. The van der Waals surface area contributed by atoms with Gasteiger partial charge in [0.25, 0.3) is 0 Å². The zero-order valence-electron chi connectivity index (χ0n) is 10.6. The Bertz CT molecular complexity index is 635. The van der Waals surface area contributed by atoms with Crippen molar-refractivity contribution in [3.05, 3.63) is 34.9 Å². The minimum Gasteiger partial charge on any atom is -0.490 e. The molecule has 2 aromatic rings. The molecule has 0 aliphatic carbocycles. The van der Waals surface area contributed by atoms with Crippen LogP contribution < -0.4 is 9.47 Å². The van der Waals surface area contributed by atoms with Crippen LogP contribution in [0.5, 0.6) is 11.5 Å². The molecule has 2 heterocycles. The van der Waals surface area contributed by atoms with Crippen LogP contribution in [-0.4, -0.2) is 21.4 Å². The van der Waals surface area contributed by atoms with Crippen LogP contribution in [0.3, 0.4) is 0 Å². The van der Waals surface area contributed by atoms with E-state index in [0.717, 1.165) is 30.3 Å². The Hall–Kier alpha value is -1.82. The van der Waals surface area contributed by atoms with Gasteiger partial charge < -0.3 is 14.0 Å². The fraction of sp³-hybridized carbons (Fsp3) is 0.385. The van der Waals surface area contributed by atoms with E-state index in [1.54, 1.807) is 0 Å². The number of hydrogen-bond donors (Lipinski definition) is 1. The lowest BCUT2D eigenvalue weighted by Crippen LogP contribution is -2.15. The van der Waals surface area contributed by atoms with E-state index >= 15 is 0 Å². The second-order valence-electron chi connectivity index (χ2n) is 4.32. The van der Waals surface area contributed by atoms with Gasteiger partial charge >= 0.3 is 0 Å². The molecule has 1 aliphatic rings. The molecule has 1 N–H and O–H groups in total. The summed E-state index contributed by atoms with van der Waals surface area (Å²) in [5.74, 6) is 2.36. The van der Waals surface area contributed by atoms with Crippen LogP contribution in [0.1, 0.15) is 25.3 Å². The molecule has 100 valence electrons. The molecule has 0 amide bonds. The molecule has 1 aliphatic heterocycles. The topological polar surface area (TPSA) is 52.1 Å².